The van der Waals surface area contributed by atoms with Crippen LogP contribution < -0.4 is 15.4 Å². The van der Waals surface area contributed by atoms with Gasteiger partial charge in [0.2, 0.25) is 5.91 Å². The molecular formula is C27H33N5O3. The number of carbonyl (C=O) groups excluding carboxylic acids is 2. The summed E-state index contributed by atoms with van der Waals surface area (Å²) in [4.78, 5) is 30.0. The zero-order chi connectivity index (χ0) is 24.8. The van der Waals surface area contributed by atoms with E-state index in [0.717, 1.165) is 27.9 Å². The molecule has 0 fully saturated rings. The number of aromatic nitrogens is 1. The third-order valence-electron chi connectivity index (χ3n) is 6.31. The molecule has 0 saturated carbocycles. The molecule has 8 heteroatoms. The number of carbonyl (C=O) groups is 2. The number of hydrogen-bond acceptors (Lipinski definition) is 4. The molecule has 1 atom stereocenters. The Hall–Kier alpha value is -3.81. The van der Waals surface area contributed by atoms with Crippen molar-refractivity contribution >= 4 is 29.1 Å². The fourth-order valence-electron chi connectivity index (χ4n) is 4.42. The van der Waals surface area contributed by atoms with Crippen molar-refractivity contribution in [2.24, 2.45) is 5.10 Å². The van der Waals surface area contributed by atoms with E-state index in [1.807, 2.05) is 56.3 Å². The zero-order valence-corrected chi connectivity index (χ0v) is 20.5. The molecule has 0 saturated heterocycles. The fraction of sp³-hybridized carbons (Fsp3) is 0.370. The first-order valence-corrected chi connectivity index (χ1v) is 12.0. The molecule has 1 aliphatic heterocycles. The highest BCUT2D eigenvalue weighted by atomic mass is 16.5. The van der Waals surface area contributed by atoms with Gasteiger partial charge >= 0.3 is 6.03 Å². The first-order valence-electron chi connectivity index (χ1n) is 12.0. The van der Waals surface area contributed by atoms with E-state index in [9.17, 15) is 9.59 Å². The number of rotatable bonds is 9. The summed E-state index contributed by atoms with van der Waals surface area (Å²) in [5.41, 5.74) is 2.10. The van der Waals surface area contributed by atoms with Crippen LogP contribution in [0.1, 0.15) is 37.9 Å². The summed E-state index contributed by atoms with van der Waals surface area (Å²) in [5, 5.41) is 12.7. The number of methoxy groups -OCH3 is 1. The SMILES string of the molecule is COc1ccc(CCC2(C(=O)NCCc3cc4ccccc4[nH]3)CC=NN2C(=O)NC(C)C)cc1. The Morgan fingerprint density at radius 3 is 2.63 bits per heavy atom. The number of ether oxygens (including phenoxy) is 1. The second-order valence-electron chi connectivity index (χ2n) is 9.19. The van der Waals surface area contributed by atoms with Crippen molar-refractivity contribution in [3.8, 4) is 5.75 Å². The van der Waals surface area contributed by atoms with Gasteiger partial charge in [0.05, 0.1) is 7.11 Å². The summed E-state index contributed by atoms with van der Waals surface area (Å²) in [7, 11) is 1.63. The van der Waals surface area contributed by atoms with Crippen LogP contribution in [-0.2, 0) is 17.6 Å². The second-order valence-corrected chi connectivity index (χ2v) is 9.19. The van der Waals surface area contributed by atoms with E-state index < -0.39 is 5.54 Å². The van der Waals surface area contributed by atoms with Gasteiger partial charge in [-0.15, -0.1) is 0 Å². The summed E-state index contributed by atoms with van der Waals surface area (Å²) in [6.07, 6.45) is 3.75. The summed E-state index contributed by atoms with van der Waals surface area (Å²) in [6, 6.07) is 17.5. The molecule has 4 rings (SSSR count). The van der Waals surface area contributed by atoms with E-state index in [-0.39, 0.29) is 18.0 Å². The highest BCUT2D eigenvalue weighted by Gasteiger charge is 2.49. The van der Waals surface area contributed by atoms with E-state index >= 15 is 0 Å². The van der Waals surface area contributed by atoms with E-state index in [0.29, 0.717) is 32.2 Å². The Morgan fingerprint density at radius 2 is 1.91 bits per heavy atom. The Balaban J connectivity index is 1.48. The van der Waals surface area contributed by atoms with Gasteiger partial charge in [0.1, 0.15) is 5.75 Å². The molecule has 1 aliphatic rings. The predicted octanol–water partition coefficient (Wildman–Crippen LogP) is 4.02. The van der Waals surface area contributed by atoms with Gasteiger partial charge in [-0.1, -0.05) is 30.3 Å². The lowest BCUT2D eigenvalue weighted by molar-refractivity contribution is -0.131. The van der Waals surface area contributed by atoms with Crippen molar-refractivity contribution in [1.29, 1.82) is 0 Å². The normalized spacial score (nSPS) is 17.2. The fourth-order valence-corrected chi connectivity index (χ4v) is 4.42. The molecule has 0 aliphatic carbocycles. The average Bonchev–Trinajstić information content (AvgIpc) is 3.47. The van der Waals surface area contributed by atoms with Crippen LogP contribution in [0.3, 0.4) is 0 Å². The van der Waals surface area contributed by atoms with Crippen LogP contribution in [0.5, 0.6) is 5.75 Å². The predicted molar refractivity (Wildman–Crippen MR) is 138 cm³/mol. The topological polar surface area (TPSA) is 98.8 Å². The largest absolute Gasteiger partial charge is 0.497 e. The van der Waals surface area contributed by atoms with E-state index in [1.165, 1.54) is 5.01 Å². The molecule has 3 aromatic rings. The highest BCUT2D eigenvalue weighted by Crippen LogP contribution is 2.31. The first-order chi connectivity index (χ1) is 16.9. The smallest absolute Gasteiger partial charge is 0.339 e. The molecular weight excluding hydrogens is 442 g/mol. The maximum absolute atomic E-state index is 13.6. The number of hydrogen-bond donors (Lipinski definition) is 3. The van der Waals surface area contributed by atoms with Crippen molar-refractivity contribution in [3.05, 3.63) is 65.9 Å². The molecule has 0 spiro atoms. The van der Waals surface area contributed by atoms with Crippen molar-refractivity contribution in [3.63, 3.8) is 0 Å². The molecule has 2 heterocycles. The number of fused-ring (bicyclic) bond motifs is 1. The van der Waals surface area contributed by atoms with Crippen LogP contribution in [0, 0.1) is 0 Å². The Kier molecular flexibility index (Phi) is 7.39. The molecule has 3 amide bonds. The van der Waals surface area contributed by atoms with E-state index in [1.54, 1.807) is 13.3 Å². The standard InChI is InChI=1S/C27H33N5O3/c1-19(2)30-26(34)32-27(15-17-29-32,14-12-20-8-10-23(35-3)11-9-20)25(33)28-16-13-22-18-21-6-4-5-7-24(21)31-22/h4-11,17-19,31H,12-16H2,1-3H3,(H,28,33)(H,30,34). The molecule has 184 valence electrons. The number of aromatic amines is 1. The summed E-state index contributed by atoms with van der Waals surface area (Å²) >= 11 is 0. The van der Waals surface area contributed by atoms with Crippen LogP contribution in [0.4, 0.5) is 4.79 Å². The monoisotopic (exact) mass is 475 g/mol. The van der Waals surface area contributed by atoms with Crippen LogP contribution in [0.15, 0.2) is 59.7 Å². The lowest BCUT2D eigenvalue weighted by Crippen LogP contribution is -2.59. The number of nitrogens with zero attached hydrogens (tertiary/aromatic N) is 2. The molecule has 1 unspecified atom stereocenters. The molecule has 1 aromatic heterocycles. The van der Waals surface area contributed by atoms with Gasteiger partial charge in [0.15, 0.2) is 5.54 Å². The van der Waals surface area contributed by atoms with Crippen LogP contribution >= 0.6 is 0 Å². The minimum atomic E-state index is -1.08. The highest BCUT2D eigenvalue weighted by molar-refractivity contribution is 5.95. The number of aryl methyl sites for hydroxylation is 1. The third kappa shape index (κ3) is 5.48. The first kappa shape index (κ1) is 24.3. The van der Waals surface area contributed by atoms with Gasteiger partial charge < -0.3 is 20.4 Å². The lowest BCUT2D eigenvalue weighted by atomic mass is 9.87. The summed E-state index contributed by atoms with van der Waals surface area (Å²) in [5.74, 6) is 0.582. The number of para-hydroxylation sites is 1. The van der Waals surface area contributed by atoms with Crippen LogP contribution in [-0.4, -0.2) is 53.4 Å². The second kappa shape index (κ2) is 10.6. The van der Waals surface area contributed by atoms with Gasteiger partial charge in [0, 0.05) is 42.9 Å². The number of hydrazone groups is 1. The van der Waals surface area contributed by atoms with Crippen molar-refractivity contribution in [2.75, 3.05) is 13.7 Å². The van der Waals surface area contributed by atoms with Crippen molar-refractivity contribution in [1.82, 2.24) is 20.6 Å². The molecule has 8 nitrogen and oxygen atoms in total. The maximum Gasteiger partial charge on any atom is 0.339 e. The number of H-pyrrole nitrogens is 1. The molecule has 0 bridgehead atoms. The van der Waals surface area contributed by atoms with Gasteiger partial charge in [-0.25, -0.2) is 4.79 Å². The summed E-state index contributed by atoms with van der Waals surface area (Å²) in [6.45, 7) is 4.23. The number of benzene rings is 2. The van der Waals surface area contributed by atoms with E-state index in [2.05, 4.69) is 32.9 Å². The van der Waals surface area contributed by atoms with Crippen molar-refractivity contribution < 1.29 is 14.3 Å². The zero-order valence-electron chi connectivity index (χ0n) is 20.5. The van der Waals surface area contributed by atoms with Gasteiger partial charge in [-0.2, -0.15) is 10.1 Å². The van der Waals surface area contributed by atoms with Gasteiger partial charge in [-0.3, -0.25) is 4.79 Å². The molecule has 0 radical (unpaired) electrons. The maximum atomic E-state index is 13.6. The minimum absolute atomic E-state index is 0.0670. The van der Waals surface area contributed by atoms with Crippen molar-refractivity contribution in [2.45, 2.75) is 51.1 Å². The Morgan fingerprint density at radius 1 is 1.14 bits per heavy atom. The van der Waals surface area contributed by atoms with Gasteiger partial charge in [-0.05, 0) is 61.9 Å². The lowest BCUT2D eigenvalue weighted by Gasteiger charge is -2.35. The van der Waals surface area contributed by atoms with Crippen LogP contribution in [0.25, 0.3) is 10.9 Å². The Bertz CT molecular complexity index is 1170. The number of amides is 3. The van der Waals surface area contributed by atoms with Crippen LogP contribution in [0.2, 0.25) is 0 Å². The minimum Gasteiger partial charge on any atom is -0.497 e. The quantitative estimate of drug-likeness (QED) is 0.436. The summed E-state index contributed by atoms with van der Waals surface area (Å²) < 4.78 is 5.24. The molecule has 2 aromatic carbocycles. The molecule has 3 N–H and O–H groups in total. The number of nitrogens with one attached hydrogen (secondary N) is 3. The molecule has 35 heavy (non-hydrogen) atoms. The third-order valence-corrected chi connectivity index (χ3v) is 6.31. The van der Waals surface area contributed by atoms with Gasteiger partial charge in [0.25, 0.3) is 0 Å². The Labute approximate surface area is 205 Å². The average molecular weight is 476 g/mol. The number of urea groups is 1. The van der Waals surface area contributed by atoms with E-state index in [4.69, 9.17) is 4.74 Å².